The van der Waals surface area contributed by atoms with E-state index in [-0.39, 0.29) is 41.2 Å². The number of aryl methyl sites for hydroxylation is 1. The Balaban J connectivity index is 1.22. The van der Waals surface area contributed by atoms with Crippen LogP contribution >= 0.6 is 35.0 Å². The first kappa shape index (κ1) is 30.3. The minimum Gasteiger partial charge on any atom is -0.493 e. The largest absolute Gasteiger partial charge is 0.493 e. The number of imide groups is 1. The van der Waals surface area contributed by atoms with Gasteiger partial charge in [0.15, 0.2) is 18.1 Å². The minimum atomic E-state index is -0.431. The zero-order chi connectivity index (χ0) is 30.5. The number of ether oxygens (including phenoxy) is 3. The molecule has 0 atom stereocenters. The van der Waals surface area contributed by atoms with E-state index < -0.39 is 17.1 Å². The summed E-state index contributed by atoms with van der Waals surface area (Å²) in [4.78, 5) is 39.6. The van der Waals surface area contributed by atoms with E-state index in [0.29, 0.717) is 22.0 Å². The van der Waals surface area contributed by atoms with Crippen LogP contribution < -0.4 is 19.5 Å². The standard InChI is InChI=1S/C32H26Cl2N2O6S/c1-19-10-11-22(17-24(19)33)35-29(37)18-42-30-25(34)14-20(15-27(30)40-2)16-28-31(38)36(32(39)43-28)12-13-41-26-9-5-7-21-6-3-4-8-23(21)26/h3-11,14-17H,12-13,18H2,1-2H3,(H,35,37)/b28-16-. The number of carbonyl (C=O) groups excluding carboxylic acids is 3. The number of carbonyl (C=O) groups is 3. The molecule has 0 bridgehead atoms. The van der Waals surface area contributed by atoms with Crippen molar-refractivity contribution in [2.75, 3.05) is 32.2 Å². The van der Waals surface area contributed by atoms with Crippen LogP contribution in [0.2, 0.25) is 10.0 Å². The van der Waals surface area contributed by atoms with Crippen molar-refractivity contribution in [2.24, 2.45) is 0 Å². The van der Waals surface area contributed by atoms with Crippen LogP contribution in [-0.2, 0) is 9.59 Å². The molecule has 4 aromatic rings. The molecular weight excluding hydrogens is 611 g/mol. The fraction of sp³-hybridized carbons (Fsp3) is 0.156. The number of halogens is 2. The number of nitrogens with one attached hydrogen (secondary N) is 1. The maximum absolute atomic E-state index is 13.1. The molecule has 1 fully saturated rings. The molecule has 11 heteroatoms. The second kappa shape index (κ2) is 13.4. The lowest BCUT2D eigenvalue weighted by Crippen LogP contribution is -2.32. The molecule has 4 aromatic carbocycles. The summed E-state index contributed by atoms with van der Waals surface area (Å²) in [5.41, 5.74) is 1.94. The van der Waals surface area contributed by atoms with E-state index >= 15 is 0 Å². The Bertz CT molecular complexity index is 1750. The van der Waals surface area contributed by atoms with Crippen LogP contribution in [0.15, 0.2) is 77.7 Å². The summed E-state index contributed by atoms with van der Waals surface area (Å²) in [7, 11) is 1.43. The lowest BCUT2D eigenvalue weighted by molar-refractivity contribution is -0.123. The summed E-state index contributed by atoms with van der Waals surface area (Å²) in [5.74, 6) is 0.256. The third-order valence-corrected chi connectivity index (χ3v) is 8.14. The molecule has 220 valence electrons. The lowest BCUT2D eigenvalue weighted by atomic mass is 10.1. The van der Waals surface area contributed by atoms with Crippen molar-refractivity contribution in [1.82, 2.24) is 4.90 Å². The Kier molecular flexibility index (Phi) is 9.45. The van der Waals surface area contributed by atoms with Gasteiger partial charge in [-0.1, -0.05) is 65.7 Å². The van der Waals surface area contributed by atoms with Gasteiger partial charge >= 0.3 is 0 Å². The molecule has 0 unspecified atom stereocenters. The Labute approximate surface area is 262 Å². The molecule has 1 aliphatic rings. The van der Waals surface area contributed by atoms with E-state index in [2.05, 4.69) is 5.32 Å². The predicted octanol–water partition coefficient (Wildman–Crippen LogP) is 7.60. The van der Waals surface area contributed by atoms with E-state index in [1.54, 1.807) is 36.4 Å². The molecule has 3 amide bonds. The minimum absolute atomic E-state index is 0.0962. The van der Waals surface area contributed by atoms with Crippen molar-refractivity contribution < 1.29 is 28.6 Å². The van der Waals surface area contributed by atoms with Crippen LogP contribution in [0.3, 0.4) is 0 Å². The number of methoxy groups -OCH3 is 1. The summed E-state index contributed by atoms with van der Waals surface area (Å²) in [6.07, 6.45) is 1.56. The molecule has 0 aromatic heterocycles. The predicted molar refractivity (Wildman–Crippen MR) is 170 cm³/mol. The molecule has 1 saturated heterocycles. The molecule has 1 N–H and O–H groups in total. The number of amides is 3. The number of anilines is 1. The first-order valence-corrected chi connectivity index (χ1v) is 14.7. The summed E-state index contributed by atoms with van der Waals surface area (Å²) < 4.78 is 17.0. The zero-order valence-electron chi connectivity index (χ0n) is 23.2. The van der Waals surface area contributed by atoms with E-state index in [1.165, 1.54) is 7.11 Å². The summed E-state index contributed by atoms with van der Waals surface area (Å²) in [5, 5.41) is 5.01. The van der Waals surface area contributed by atoms with Gasteiger partial charge in [0.05, 0.1) is 23.6 Å². The van der Waals surface area contributed by atoms with Gasteiger partial charge in [-0.25, -0.2) is 0 Å². The first-order valence-electron chi connectivity index (χ1n) is 13.2. The number of benzene rings is 4. The normalized spacial score (nSPS) is 14.0. The second-order valence-electron chi connectivity index (χ2n) is 9.49. The van der Waals surface area contributed by atoms with Gasteiger partial charge in [-0.05, 0) is 71.6 Å². The SMILES string of the molecule is COc1cc(/C=C2\SC(=O)N(CCOc3cccc4ccccc34)C2=O)cc(Cl)c1OCC(=O)Nc1ccc(C)c(Cl)c1. The van der Waals surface area contributed by atoms with Crippen molar-refractivity contribution in [3.05, 3.63) is 98.9 Å². The van der Waals surface area contributed by atoms with Crippen molar-refractivity contribution in [1.29, 1.82) is 0 Å². The van der Waals surface area contributed by atoms with Crippen molar-refractivity contribution in [2.45, 2.75) is 6.92 Å². The Morgan fingerprint density at radius 2 is 1.74 bits per heavy atom. The Hall–Kier alpha value is -4.18. The van der Waals surface area contributed by atoms with Gasteiger partial charge < -0.3 is 19.5 Å². The molecule has 1 aliphatic heterocycles. The fourth-order valence-electron chi connectivity index (χ4n) is 4.38. The van der Waals surface area contributed by atoms with E-state index in [1.807, 2.05) is 49.4 Å². The van der Waals surface area contributed by atoms with Gasteiger partial charge in [-0.3, -0.25) is 19.3 Å². The first-order chi connectivity index (χ1) is 20.7. The van der Waals surface area contributed by atoms with Crippen LogP contribution in [0.5, 0.6) is 17.2 Å². The van der Waals surface area contributed by atoms with Gasteiger partial charge in [0.25, 0.3) is 17.1 Å². The number of thioether (sulfide) groups is 1. The van der Waals surface area contributed by atoms with Crippen molar-refractivity contribution >= 4 is 74.6 Å². The average Bonchev–Trinajstić information content (AvgIpc) is 3.25. The number of hydrogen-bond acceptors (Lipinski definition) is 7. The van der Waals surface area contributed by atoms with Gasteiger partial charge in [0.1, 0.15) is 12.4 Å². The van der Waals surface area contributed by atoms with Crippen LogP contribution in [-0.4, -0.2) is 48.8 Å². The summed E-state index contributed by atoms with van der Waals surface area (Å²) in [6.45, 7) is 1.78. The third kappa shape index (κ3) is 7.07. The molecule has 0 radical (unpaired) electrons. The van der Waals surface area contributed by atoms with Crippen LogP contribution in [0, 0.1) is 6.92 Å². The number of hydrogen-bond donors (Lipinski definition) is 1. The highest BCUT2D eigenvalue weighted by atomic mass is 35.5. The molecule has 0 saturated carbocycles. The molecule has 0 spiro atoms. The quantitative estimate of drug-likeness (QED) is 0.179. The number of fused-ring (bicyclic) bond motifs is 1. The smallest absolute Gasteiger partial charge is 0.293 e. The zero-order valence-corrected chi connectivity index (χ0v) is 25.5. The average molecular weight is 638 g/mol. The molecule has 43 heavy (non-hydrogen) atoms. The molecule has 8 nitrogen and oxygen atoms in total. The van der Waals surface area contributed by atoms with E-state index in [0.717, 1.165) is 33.0 Å². The van der Waals surface area contributed by atoms with Gasteiger partial charge in [-0.2, -0.15) is 0 Å². The Morgan fingerprint density at radius 1 is 0.953 bits per heavy atom. The summed E-state index contributed by atoms with van der Waals surface area (Å²) in [6, 6.07) is 21.9. The highest BCUT2D eigenvalue weighted by Gasteiger charge is 2.35. The van der Waals surface area contributed by atoms with Crippen molar-refractivity contribution in [3.8, 4) is 17.2 Å². The summed E-state index contributed by atoms with van der Waals surface area (Å²) >= 11 is 13.4. The topological polar surface area (TPSA) is 94.2 Å². The maximum Gasteiger partial charge on any atom is 0.293 e. The molecule has 5 rings (SSSR count). The van der Waals surface area contributed by atoms with Gasteiger partial charge in [0, 0.05) is 16.1 Å². The number of nitrogens with zero attached hydrogens (tertiary/aromatic N) is 1. The van der Waals surface area contributed by atoms with Crippen LogP contribution in [0.1, 0.15) is 11.1 Å². The lowest BCUT2D eigenvalue weighted by Gasteiger charge is -2.14. The van der Waals surface area contributed by atoms with E-state index in [4.69, 9.17) is 37.4 Å². The molecular formula is C32H26Cl2N2O6S. The highest BCUT2D eigenvalue weighted by molar-refractivity contribution is 8.18. The number of rotatable bonds is 10. The molecule has 1 heterocycles. The van der Waals surface area contributed by atoms with Gasteiger partial charge in [-0.15, -0.1) is 0 Å². The van der Waals surface area contributed by atoms with E-state index in [9.17, 15) is 14.4 Å². The Morgan fingerprint density at radius 3 is 2.53 bits per heavy atom. The fourth-order valence-corrected chi connectivity index (χ4v) is 5.70. The second-order valence-corrected chi connectivity index (χ2v) is 11.3. The maximum atomic E-state index is 13.1. The van der Waals surface area contributed by atoms with Crippen molar-refractivity contribution in [3.63, 3.8) is 0 Å². The highest BCUT2D eigenvalue weighted by Crippen LogP contribution is 2.39. The third-order valence-electron chi connectivity index (χ3n) is 6.55. The van der Waals surface area contributed by atoms with Crippen LogP contribution in [0.25, 0.3) is 16.8 Å². The monoisotopic (exact) mass is 636 g/mol. The van der Waals surface area contributed by atoms with Crippen LogP contribution in [0.4, 0.5) is 10.5 Å². The molecule has 0 aliphatic carbocycles. The van der Waals surface area contributed by atoms with Gasteiger partial charge in [0.2, 0.25) is 0 Å².